The van der Waals surface area contributed by atoms with Crippen molar-refractivity contribution >= 4 is 40.4 Å². The molecule has 1 amide bonds. The molecule has 25 heavy (non-hydrogen) atoms. The van der Waals surface area contributed by atoms with Gasteiger partial charge >= 0.3 is 0 Å². The third-order valence-corrected chi connectivity index (χ3v) is 7.07. The Kier molecular flexibility index (Phi) is 4.35. The zero-order chi connectivity index (χ0) is 17.7. The van der Waals surface area contributed by atoms with E-state index >= 15 is 0 Å². The molecular weight excluding hydrogens is 381 g/mol. The minimum absolute atomic E-state index is 0.0749. The molecule has 1 unspecified atom stereocenters. The lowest BCUT2D eigenvalue weighted by molar-refractivity contribution is -0.138. The summed E-state index contributed by atoms with van der Waals surface area (Å²) in [4.78, 5) is 21.5. The van der Waals surface area contributed by atoms with Crippen LogP contribution in [0.5, 0.6) is 0 Å². The quantitative estimate of drug-likeness (QED) is 0.736. The molecule has 2 fully saturated rings. The van der Waals surface area contributed by atoms with E-state index in [1.54, 1.807) is 17.6 Å². The van der Waals surface area contributed by atoms with Crippen LogP contribution in [0, 0.1) is 5.41 Å². The van der Waals surface area contributed by atoms with E-state index in [9.17, 15) is 4.79 Å². The topological polar surface area (TPSA) is 49.6 Å². The van der Waals surface area contributed by atoms with Crippen LogP contribution >= 0.6 is 34.5 Å². The second-order valence-electron chi connectivity index (χ2n) is 6.90. The molecule has 1 saturated heterocycles. The Morgan fingerprint density at radius 3 is 2.68 bits per heavy atom. The zero-order valence-corrected chi connectivity index (χ0v) is 16.2. The van der Waals surface area contributed by atoms with E-state index in [0.29, 0.717) is 19.5 Å². The maximum absolute atomic E-state index is 12.6. The van der Waals surface area contributed by atoms with E-state index in [-0.39, 0.29) is 5.91 Å². The van der Waals surface area contributed by atoms with E-state index in [0.717, 1.165) is 36.1 Å². The number of alkyl halides is 2. The first-order chi connectivity index (χ1) is 11.9. The summed E-state index contributed by atoms with van der Waals surface area (Å²) < 4.78 is 4.49. The molecule has 0 N–H and O–H groups in total. The molecule has 0 radical (unpaired) electrons. The standard InChI is InChI=1S/C17H19Cl2N3O2S/c1-16(11-17(16,18)19)15(23)22-6-4-21(5-7-22)9-12-10-25-14(20-12)13-3-2-8-24-13/h2-3,8,10H,4-7,9,11H2,1H3. The minimum atomic E-state index is -0.899. The minimum Gasteiger partial charge on any atom is -0.462 e. The molecule has 5 nitrogen and oxygen atoms in total. The maximum Gasteiger partial charge on any atom is 0.231 e. The highest BCUT2D eigenvalue weighted by atomic mass is 35.5. The molecule has 1 atom stereocenters. The number of carbonyl (C=O) groups excluding carboxylic acids is 1. The van der Waals surface area contributed by atoms with Crippen LogP contribution in [0.4, 0.5) is 0 Å². The molecule has 1 saturated carbocycles. The van der Waals surface area contributed by atoms with Gasteiger partial charge < -0.3 is 9.32 Å². The van der Waals surface area contributed by atoms with Gasteiger partial charge in [0.05, 0.1) is 17.4 Å². The van der Waals surface area contributed by atoms with Crippen molar-refractivity contribution in [1.82, 2.24) is 14.8 Å². The van der Waals surface area contributed by atoms with Crippen LogP contribution in [0.15, 0.2) is 28.2 Å². The van der Waals surface area contributed by atoms with Crippen LogP contribution in [0.1, 0.15) is 19.0 Å². The number of furan rings is 1. The number of hydrogen-bond donors (Lipinski definition) is 0. The van der Waals surface area contributed by atoms with Crippen molar-refractivity contribution in [3.05, 3.63) is 29.5 Å². The second-order valence-corrected chi connectivity index (χ2v) is 9.24. The molecule has 2 aliphatic rings. The van der Waals surface area contributed by atoms with Gasteiger partial charge in [0.15, 0.2) is 10.8 Å². The predicted octanol–water partition coefficient (Wildman–Crippen LogP) is 3.63. The van der Waals surface area contributed by atoms with Crippen molar-refractivity contribution in [2.24, 2.45) is 5.41 Å². The summed E-state index contributed by atoms with van der Waals surface area (Å²) in [7, 11) is 0. The first kappa shape index (κ1) is 17.3. The Morgan fingerprint density at radius 1 is 1.36 bits per heavy atom. The summed E-state index contributed by atoms with van der Waals surface area (Å²) in [5.74, 6) is 0.876. The molecule has 2 aromatic rings. The highest BCUT2D eigenvalue weighted by molar-refractivity contribution is 7.13. The van der Waals surface area contributed by atoms with Crippen molar-refractivity contribution in [2.45, 2.75) is 24.2 Å². The smallest absolute Gasteiger partial charge is 0.231 e. The summed E-state index contributed by atoms with van der Waals surface area (Å²) in [5, 5.41) is 2.96. The van der Waals surface area contributed by atoms with Crippen LogP contribution in [-0.4, -0.2) is 51.2 Å². The number of thiazole rings is 1. The number of halogens is 2. The predicted molar refractivity (Wildman–Crippen MR) is 98.8 cm³/mol. The molecule has 4 rings (SSSR count). The maximum atomic E-state index is 12.6. The Hall–Kier alpha value is -1.08. The van der Waals surface area contributed by atoms with Crippen LogP contribution in [-0.2, 0) is 11.3 Å². The Morgan fingerprint density at radius 2 is 2.08 bits per heavy atom. The molecule has 134 valence electrons. The van der Waals surface area contributed by atoms with Crippen LogP contribution < -0.4 is 0 Å². The third-order valence-electron chi connectivity index (χ3n) is 5.06. The summed E-state index contributed by atoms with van der Waals surface area (Å²) in [6.07, 6.45) is 2.19. The molecule has 2 aromatic heterocycles. The normalized spacial score (nSPS) is 26.0. The van der Waals surface area contributed by atoms with E-state index in [2.05, 4.69) is 15.3 Å². The van der Waals surface area contributed by atoms with Gasteiger partial charge in [-0.1, -0.05) is 0 Å². The SMILES string of the molecule is CC1(C(=O)N2CCN(Cc3csc(-c4ccco4)n3)CC2)CC1(Cl)Cl. The van der Waals surface area contributed by atoms with E-state index in [1.165, 1.54) is 0 Å². The molecule has 0 aromatic carbocycles. The Bertz CT molecular complexity index is 769. The van der Waals surface area contributed by atoms with Crippen LogP contribution in [0.25, 0.3) is 10.8 Å². The number of rotatable bonds is 4. The first-order valence-corrected chi connectivity index (χ1v) is 9.90. The van der Waals surface area contributed by atoms with Crippen molar-refractivity contribution in [3.63, 3.8) is 0 Å². The van der Waals surface area contributed by atoms with Crippen molar-refractivity contribution in [3.8, 4) is 10.8 Å². The Balaban J connectivity index is 1.32. The fourth-order valence-electron chi connectivity index (χ4n) is 3.21. The van der Waals surface area contributed by atoms with Gasteiger partial charge in [0.2, 0.25) is 5.91 Å². The molecule has 1 aliphatic heterocycles. The molecule has 8 heteroatoms. The van der Waals surface area contributed by atoms with Gasteiger partial charge in [-0.2, -0.15) is 0 Å². The van der Waals surface area contributed by atoms with E-state index in [4.69, 9.17) is 27.6 Å². The Labute approximate surface area is 160 Å². The highest BCUT2D eigenvalue weighted by Gasteiger charge is 2.68. The van der Waals surface area contributed by atoms with Gasteiger partial charge in [-0.25, -0.2) is 4.98 Å². The van der Waals surface area contributed by atoms with Crippen molar-refractivity contribution < 1.29 is 9.21 Å². The monoisotopic (exact) mass is 399 g/mol. The second kappa shape index (κ2) is 6.27. The number of carbonyl (C=O) groups is 1. The lowest BCUT2D eigenvalue weighted by Crippen LogP contribution is -2.50. The van der Waals surface area contributed by atoms with Crippen molar-refractivity contribution in [1.29, 1.82) is 0 Å². The van der Waals surface area contributed by atoms with Gasteiger partial charge in [-0.05, 0) is 25.5 Å². The average Bonchev–Trinajstić information content (AvgIpc) is 3.07. The first-order valence-electron chi connectivity index (χ1n) is 8.27. The third kappa shape index (κ3) is 3.21. The van der Waals surface area contributed by atoms with E-state index in [1.807, 2.05) is 24.0 Å². The van der Waals surface area contributed by atoms with Gasteiger partial charge in [-0.15, -0.1) is 34.5 Å². The average molecular weight is 400 g/mol. The fourth-order valence-corrected chi connectivity index (χ4v) is 4.69. The largest absolute Gasteiger partial charge is 0.462 e. The number of amides is 1. The van der Waals surface area contributed by atoms with Gasteiger partial charge in [0, 0.05) is 38.1 Å². The van der Waals surface area contributed by atoms with Crippen LogP contribution in [0.2, 0.25) is 0 Å². The van der Waals surface area contributed by atoms with Gasteiger partial charge in [-0.3, -0.25) is 9.69 Å². The fraction of sp³-hybridized carbons (Fsp3) is 0.529. The summed E-state index contributed by atoms with van der Waals surface area (Å²) in [5.41, 5.74) is 0.413. The molecular formula is C17H19Cl2N3O2S. The summed E-state index contributed by atoms with van der Waals surface area (Å²) >= 11 is 13.9. The van der Waals surface area contributed by atoms with Gasteiger partial charge in [0.25, 0.3) is 0 Å². The molecule has 1 aliphatic carbocycles. The van der Waals surface area contributed by atoms with Crippen LogP contribution in [0.3, 0.4) is 0 Å². The van der Waals surface area contributed by atoms with E-state index < -0.39 is 9.75 Å². The van der Waals surface area contributed by atoms with Crippen molar-refractivity contribution in [2.75, 3.05) is 26.2 Å². The number of piperazine rings is 1. The number of aromatic nitrogens is 1. The number of nitrogens with zero attached hydrogens (tertiary/aromatic N) is 3. The summed E-state index contributed by atoms with van der Waals surface area (Å²) in [6.45, 7) is 5.69. The lowest BCUT2D eigenvalue weighted by atomic mass is 10.1. The zero-order valence-electron chi connectivity index (χ0n) is 13.9. The highest BCUT2D eigenvalue weighted by Crippen LogP contribution is 2.64. The molecule has 0 spiro atoms. The number of hydrogen-bond acceptors (Lipinski definition) is 5. The van der Waals surface area contributed by atoms with Gasteiger partial charge in [0.1, 0.15) is 4.33 Å². The molecule has 0 bridgehead atoms. The lowest BCUT2D eigenvalue weighted by Gasteiger charge is -2.36. The summed E-state index contributed by atoms with van der Waals surface area (Å²) in [6, 6.07) is 3.78. The molecule has 3 heterocycles.